The smallest absolute Gasteiger partial charge is 0.290 e. The number of nitrogens with two attached hydrogens (primary N) is 1. The lowest BCUT2D eigenvalue weighted by Crippen LogP contribution is -2.31. The molecule has 0 atom stereocenters. The topological polar surface area (TPSA) is 185 Å². The molecule has 0 radical (unpaired) electrons. The zero-order chi connectivity index (χ0) is 23.6. The molecule has 3 aromatic heterocycles. The molecule has 33 heavy (non-hydrogen) atoms. The van der Waals surface area contributed by atoms with Gasteiger partial charge in [0.05, 0.1) is 49.3 Å². The van der Waals surface area contributed by atoms with Crippen molar-refractivity contribution >= 4 is 18.1 Å². The van der Waals surface area contributed by atoms with Gasteiger partial charge in [-0.3, -0.25) is 14.9 Å². The Morgan fingerprint density at radius 2 is 1.91 bits per heavy atom. The molecule has 1 aliphatic rings. The van der Waals surface area contributed by atoms with Gasteiger partial charge in [-0.1, -0.05) is 0 Å². The number of hydrogen-bond acceptors (Lipinski definition) is 10. The molecule has 0 aliphatic heterocycles. The number of nitriles is 1. The van der Waals surface area contributed by atoms with Crippen LogP contribution in [0.4, 0.5) is 11.6 Å². The number of carbonyl (C=O) groups is 1. The van der Waals surface area contributed by atoms with Gasteiger partial charge in [0, 0.05) is 12.1 Å². The van der Waals surface area contributed by atoms with Crippen LogP contribution in [0.3, 0.4) is 0 Å². The van der Waals surface area contributed by atoms with Crippen molar-refractivity contribution in [2.75, 3.05) is 12.4 Å². The lowest BCUT2D eigenvalue weighted by molar-refractivity contribution is -0.122. The predicted octanol–water partition coefficient (Wildman–Crippen LogP) is 2.24. The third kappa shape index (κ3) is 6.14. The van der Waals surface area contributed by atoms with Crippen LogP contribution in [-0.4, -0.2) is 56.0 Å². The first-order chi connectivity index (χ1) is 16.1. The number of hydrogen-bond donors (Lipinski definition) is 4. The Kier molecular flexibility index (Phi) is 8.09. The van der Waals surface area contributed by atoms with Gasteiger partial charge in [0.25, 0.3) is 6.47 Å². The molecule has 1 fully saturated rings. The summed E-state index contributed by atoms with van der Waals surface area (Å²) in [6.07, 6.45) is 9.99. The van der Waals surface area contributed by atoms with E-state index < -0.39 is 0 Å². The number of methoxy groups -OCH3 is 1. The van der Waals surface area contributed by atoms with Crippen molar-refractivity contribution in [1.29, 1.82) is 5.26 Å². The lowest BCUT2D eigenvalue weighted by Gasteiger charge is -2.27. The summed E-state index contributed by atoms with van der Waals surface area (Å²) in [5, 5.41) is 26.1. The number of nitrogens with one attached hydrogen (secondary N) is 2. The van der Waals surface area contributed by atoms with Gasteiger partial charge in [0.15, 0.2) is 17.3 Å². The highest BCUT2D eigenvalue weighted by molar-refractivity contribution is 5.75. The minimum Gasteiger partial charge on any atom is -0.494 e. The van der Waals surface area contributed by atoms with Crippen LogP contribution in [0, 0.1) is 11.3 Å². The molecule has 12 heteroatoms. The van der Waals surface area contributed by atoms with Crippen molar-refractivity contribution in [3.8, 4) is 28.8 Å². The number of nitrogens with zero attached hydrogens (tertiary/aromatic N) is 5. The van der Waals surface area contributed by atoms with E-state index in [1.165, 1.54) is 12.4 Å². The molecule has 172 valence electrons. The minimum atomic E-state index is -0.250. The van der Waals surface area contributed by atoms with Crippen molar-refractivity contribution in [3.63, 3.8) is 0 Å². The number of ether oxygens (including phenoxy) is 2. The SMILES string of the molecule is COc1cncc(OC2CCC(N)CC2)c1-c1cc(Nc2cnc(C#N)cn2)n[nH]1.O=CO. The molecule has 3 heterocycles. The van der Waals surface area contributed by atoms with Crippen LogP contribution >= 0.6 is 0 Å². The summed E-state index contributed by atoms with van der Waals surface area (Å²) in [6.45, 7) is -0.250. The lowest BCUT2D eigenvalue weighted by atomic mass is 9.93. The van der Waals surface area contributed by atoms with Gasteiger partial charge >= 0.3 is 0 Å². The maximum atomic E-state index is 8.83. The minimum absolute atomic E-state index is 0.0897. The molecule has 0 amide bonds. The van der Waals surface area contributed by atoms with Crippen LogP contribution in [0.1, 0.15) is 31.4 Å². The number of H-pyrrole nitrogens is 1. The quantitative estimate of drug-likeness (QED) is 0.402. The first-order valence-corrected chi connectivity index (χ1v) is 10.1. The fourth-order valence-corrected chi connectivity index (χ4v) is 3.41. The van der Waals surface area contributed by atoms with E-state index >= 15 is 0 Å². The Labute approximate surface area is 189 Å². The first-order valence-electron chi connectivity index (χ1n) is 10.1. The fourth-order valence-electron chi connectivity index (χ4n) is 3.41. The molecule has 4 rings (SSSR count). The van der Waals surface area contributed by atoms with Gasteiger partial charge in [0.2, 0.25) is 0 Å². The third-order valence-electron chi connectivity index (χ3n) is 4.98. The molecule has 12 nitrogen and oxygen atoms in total. The maximum absolute atomic E-state index is 8.83. The Balaban J connectivity index is 0.000000968. The van der Waals surface area contributed by atoms with E-state index in [1.54, 1.807) is 19.5 Å². The second-order valence-corrected chi connectivity index (χ2v) is 7.17. The van der Waals surface area contributed by atoms with E-state index in [0.29, 0.717) is 28.8 Å². The van der Waals surface area contributed by atoms with Crippen molar-refractivity contribution in [1.82, 2.24) is 25.1 Å². The Morgan fingerprint density at radius 3 is 2.55 bits per heavy atom. The second kappa shape index (κ2) is 11.4. The number of aromatic nitrogens is 5. The molecule has 5 N–H and O–H groups in total. The van der Waals surface area contributed by atoms with Crippen LogP contribution in [0.5, 0.6) is 11.5 Å². The second-order valence-electron chi connectivity index (χ2n) is 7.17. The number of aromatic amines is 1. The van der Waals surface area contributed by atoms with Gasteiger partial charge in [-0.25, -0.2) is 9.97 Å². The van der Waals surface area contributed by atoms with Gasteiger partial charge in [-0.05, 0) is 25.7 Å². The van der Waals surface area contributed by atoms with E-state index in [0.717, 1.165) is 31.2 Å². The van der Waals surface area contributed by atoms with Crippen molar-refractivity contribution in [3.05, 3.63) is 36.5 Å². The third-order valence-corrected chi connectivity index (χ3v) is 4.98. The Hall–Kier alpha value is -4.24. The summed E-state index contributed by atoms with van der Waals surface area (Å²) in [7, 11) is 1.59. The number of pyridine rings is 1. The van der Waals surface area contributed by atoms with E-state index in [2.05, 4.69) is 30.5 Å². The molecule has 0 bridgehead atoms. The maximum Gasteiger partial charge on any atom is 0.290 e. The van der Waals surface area contributed by atoms with Crippen LogP contribution < -0.4 is 20.5 Å². The average molecular weight is 452 g/mol. The summed E-state index contributed by atoms with van der Waals surface area (Å²) < 4.78 is 11.8. The first kappa shape index (κ1) is 23.4. The number of carboxylic acid groups (broad SMARTS) is 1. The normalized spacial score (nSPS) is 17.1. The summed E-state index contributed by atoms with van der Waals surface area (Å²) in [5.74, 6) is 2.22. The van der Waals surface area contributed by atoms with E-state index in [-0.39, 0.29) is 24.3 Å². The van der Waals surface area contributed by atoms with Gasteiger partial charge < -0.3 is 25.6 Å². The van der Waals surface area contributed by atoms with Crippen molar-refractivity contribution < 1.29 is 19.4 Å². The van der Waals surface area contributed by atoms with Gasteiger partial charge in [-0.15, -0.1) is 0 Å². The Morgan fingerprint density at radius 1 is 1.18 bits per heavy atom. The highest BCUT2D eigenvalue weighted by atomic mass is 16.5. The number of anilines is 2. The average Bonchev–Trinajstić information content (AvgIpc) is 3.29. The molecular weight excluding hydrogens is 428 g/mol. The monoisotopic (exact) mass is 452 g/mol. The van der Waals surface area contributed by atoms with Crippen LogP contribution in [-0.2, 0) is 4.79 Å². The van der Waals surface area contributed by atoms with Crippen molar-refractivity contribution in [2.45, 2.75) is 37.8 Å². The largest absolute Gasteiger partial charge is 0.494 e. The molecular formula is C21H24N8O4. The summed E-state index contributed by atoms with van der Waals surface area (Å²) >= 11 is 0. The molecule has 3 aromatic rings. The highest BCUT2D eigenvalue weighted by Crippen LogP contribution is 2.39. The predicted molar refractivity (Wildman–Crippen MR) is 118 cm³/mol. The van der Waals surface area contributed by atoms with E-state index in [4.69, 9.17) is 30.4 Å². The fraction of sp³-hybridized carbons (Fsp3) is 0.333. The van der Waals surface area contributed by atoms with Gasteiger partial charge in [0.1, 0.15) is 17.6 Å². The van der Waals surface area contributed by atoms with Crippen molar-refractivity contribution in [2.24, 2.45) is 5.73 Å². The standard InChI is InChI=1S/C20H22N8O2.CH2O2/c1-29-16-9-23-10-17(30-14-4-2-12(22)3-5-14)20(16)15-6-18(28-27-15)26-19-11-24-13(7-21)8-25-19;2-1-3/h6,8-12,14H,2-5,22H2,1H3,(H2,25,26,27,28);1H,(H,2,3). The van der Waals surface area contributed by atoms with E-state index in [1.807, 2.05) is 12.1 Å². The highest BCUT2D eigenvalue weighted by Gasteiger charge is 2.23. The van der Waals surface area contributed by atoms with Crippen LogP contribution in [0.2, 0.25) is 0 Å². The molecule has 0 unspecified atom stereocenters. The van der Waals surface area contributed by atoms with Crippen LogP contribution in [0.25, 0.3) is 11.3 Å². The molecule has 0 saturated heterocycles. The molecule has 0 spiro atoms. The summed E-state index contributed by atoms with van der Waals surface area (Å²) in [6, 6.07) is 4.00. The summed E-state index contributed by atoms with van der Waals surface area (Å²) in [5.41, 5.74) is 7.70. The zero-order valence-corrected chi connectivity index (χ0v) is 17.9. The zero-order valence-electron chi connectivity index (χ0n) is 17.9. The molecule has 0 aromatic carbocycles. The van der Waals surface area contributed by atoms with Gasteiger partial charge in [-0.2, -0.15) is 10.4 Å². The summed E-state index contributed by atoms with van der Waals surface area (Å²) in [4.78, 5) is 20.7. The van der Waals surface area contributed by atoms with E-state index in [9.17, 15) is 0 Å². The Bertz CT molecular complexity index is 1090. The molecule has 1 saturated carbocycles. The number of rotatable bonds is 6. The van der Waals surface area contributed by atoms with Crippen LogP contribution in [0.15, 0.2) is 30.9 Å². The molecule has 1 aliphatic carbocycles.